The Balaban J connectivity index is 1.86. The molecule has 1 fully saturated rings. The number of nitrogens with two attached hydrogens (primary N) is 1. The van der Waals surface area contributed by atoms with E-state index in [1.807, 2.05) is 31.3 Å². The summed E-state index contributed by atoms with van der Waals surface area (Å²) in [5, 5.41) is 0.739. The highest BCUT2D eigenvalue weighted by atomic mass is 35.5. The molecule has 0 spiro atoms. The van der Waals surface area contributed by atoms with Gasteiger partial charge in [-0.25, -0.2) is 0 Å². The molecule has 18 heavy (non-hydrogen) atoms. The van der Waals surface area contributed by atoms with E-state index in [2.05, 4.69) is 0 Å². The van der Waals surface area contributed by atoms with Crippen LogP contribution in [-0.2, 0) is 11.2 Å². The molecule has 0 aromatic heterocycles. The van der Waals surface area contributed by atoms with Gasteiger partial charge < -0.3 is 10.6 Å². The Morgan fingerprint density at radius 1 is 1.39 bits per heavy atom. The Labute approximate surface area is 113 Å². The van der Waals surface area contributed by atoms with Gasteiger partial charge in [0.2, 0.25) is 5.91 Å². The van der Waals surface area contributed by atoms with Crippen LogP contribution in [0, 0.1) is 5.41 Å². The second kappa shape index (κ2) is 5.29. The van der Waals surface area contributed by atoms with Gasteiger partial charge in [-0.05, 0) is 37.0 Å². The fourth-order valence-electron chi connectivity index (χ4n) is 2.11. The summed E-state index contributed by atoms with van der Waals surface area (Å²) in [6.45, 7) is 1.19. The van der Waals surface area contributed by atoms with Crippen molar-refractivity contribution in [3.63, 3.8) is 0 Å². The standard InChI is InChI=1S/C14H19ClN2O/c1-17(13(18)14(10-16)7-8-14)9-6-11-2-4-12(15)5-3-11/h2-5H,6-10,16H2,1H3. The number of hydrogen-bond acceptors (Lipinski definition) is 2. The van der Waals surface area contributed by atoms with Gasteiger partial charge in [0, 0.05) is 25.2 Å². The van der Waals surface area contributed by atoms with Crippen molar-refractivity contribution in [1.82, 2.24) is 4.90 Å². The van der Waals surface area contributed by atoms with Gasteiger partial charge in [-0.2, -0.15) is 0 Å². The molecule has 4 heteroatoms. The molecule has 1 amide bonds. The van der Waals surface area contributed by atoms with Crippen LogP contribution in [0.4, 0.5) is 0 Å². The van der Waals surface area contributed by atoms with Crippen LogP contribution in [0.15, 0.2) is 24.3 Å². The lowest BCUT2D eigenvalue weighted by molar-refractivity contribution is -0.135. The molecule has 0 heterocycles. The molecular weight excluding hydrogens is 248 g/mol. The van der Waals surface area contributed by atoms with Gasteiger partial charge in [0.15, 0.2) is 0 Å². The van der Waals surface area contributed by atoms with Crippen molar-refractivity contribution in [1.29, 1.82) is 0 Å². The Kier molecular flexibility index (Phi) is 3.93. The van der Waals surface area contributed by atoms with Gasteiger partial charge >= 0.3 is 0 Å². The van der Waals surface area contributed by atoms with E-state index < -0.39 is 0 Å². The summed E-state index contributed by atoms with van der Waals surface area (Å²) in [5.41, 5.74) is 6.62. The first-order valence-corrected chi connectivity index (χ1v) is 6.65. The third kappa shape index (κ3) is 2.85. The van der Waals surface area contributed by atoms with Gasteiger partial charge in [-0.15, -0.1) is 0 Å². The predicted molar refractivity (Wildman–Crippen MR) is 73.5 cm³/mol. The van der Waals surface area contributed by atoms with Gasteiger partial charge in [0.25, 0.3) is 0 Å². The number of benzene rings is 1. The minimum absolute atomic E-state index is 0.193. The molecular formula is C14H19ClN2O. The van der Waals surface area contributed by atoms with Gasteiger partial charge in [-0.3, -0.25) is 4.79 Å². The largest absolute Gasteiger partial charge is 0.345 e. The highest BCUT2D eigenvalue weighted by molar-refractivity contribution is 6.30. The average Bonchev–Trinajstić information content (AvgIpc) is 3.18. The molecule has 1 aliphatic carbocycles. The van der Waals surface area contributed by atoms with Gasteiger partial charge in [-0.1, -0.05) is 23.7 Å². The van der Waals surface area contributed by atoms with Crippen LogP contribution in [0.5, 0.6) is 0 Å². The number of carbonyl (C=O) groups is 1. The second-order valence-electron chi connectivity index (χ2n) is 5.09. The molecule has 0 bridgehead atoms. The SMILES string of the molecule is CN(CCc1ccc(Cl)cc1)C(=O)C1(CN)CC1. The Morgan fingerprint density at radius 2 is 2.00 bits per heavy atom. The molecule has 2 N–H and O–H groups in total. The Bertz CT molecular complexity index is 426. The monoisotopic (exact) mass is 266 g/mol. The quantitative estimate of drug-likeness (QED) is 0.887. The van der Waals surface area contributed by atoms with Crippen LogP contribution in [0.3, 0.4) is 0 Å². The van der Waals surface area contributed by atoms with E-state index >= 15 is 0 Å². The van der Waals surface area contributed by atoms with Crippen molar-refractivity contribution in [2.24, 2.45) is 11.1 Å². The number of hydrogen-bond donors (Lipinski definition) is 1. The second-order valence-corrected chi connectivity index (χ2v) is 5.52. The molecule has 1 saturated carbocycles. The normalized spacial score (nSPS) is 16.4. The molecule has 98 valence electrons. The summed E-state index contributed by atoms with van der Waals surface area (Å²) in [7, 11) is 1.86. The molecule has 0 atom stereocenters. The summed E-state index contributed by atoms with van der Waals surface area (Å²) in [4.78, 5) is 14.0. The van der Waals surface area contributed by atoms with Crippen LogP contribution in [0.2, 0.25) is 5.02 Å². The summed E-state index contributed by atoms with van der Waals surface area (Å²) in [6.07, 6.45) is 2.72. The van der Waals surface area contributed by atoms with Crippen LogP contribution in [0.25, 0.3) is 0 Å². The van der Waals surface area contributed by atoms with Crippen molar-refractivity contribution >= 4 is 17.5 Å². The third-order valence-corrected chi connectivity index (χ3v) is 3.95. The molecule has 0 radical (unpaired) electrons. The number of rotatable bonds is 5. The van der Waals surface area contributed by atoms with E-state index in [0.29, 0.717) is 6.54 Å². The first-order valence-electron chi connectivity index (χ1n) is 6.27. The van der Waals surface area contributed by atoms with Crippen LogP contribution < -0.4 is 5.73 Å². The van der Waals surface area contributed by atoms with Gasteiger partial charge in [0.1, 0.15) is 0 Å². The van der Waals surface area contributed by atoms with E-state index in [4.69, 9.17) is 17.3 Å². The predicted octanol–water partition coefficient (Wildman–Crippen LogP) is 2.08. The number of nitrogens with zero attached hydrogens (tertiary/aromatic N) is 1. The third-order valence-electron chi connectivity index (χ3n) is 3.69. The maximum Gasteiger partial charge on any atom is 0.229 e. The summed E-state index contributed by atoms with van der Waals surface area (Å²) < 4.78 is 0. The first-order chi connectivity index (χ1) is 8.57. The molecule has 1 aromatic rings. The lowest BCUT2D eigenvalue weighted by Crippen LogP contribution is -2.39. The number of halogens is 1. The molecule has 2 rings (SSSR count). The van der Waals surface area contributed by atoms with E-state index in [-0.39, 0.29) is 11.3 Å². The number of carbonyl (C=O) groups excluding carboxylic acids is 1. The molecule has 0 unspecified atom stereocenters. The minimum Gasteiger partial charge on any atom is -0.345 e. The lowest BCUT2D eigenvalue weighted by atomic mass is 10.1. The zero-order chi connectivity index (χ0) is 13.2. The molecule has 0 aliphatic heterocycles. The smallest absolute Gasteiger partial charge is 0.229 e. The van der Waals surface area contributed by atoms with E-state index in [1.54, 1.807) is 4.90 Å². The van der Waals surface area contributed by atoms with Crippen molar-refractivity contribution in [3.8, 4) is 0 Å². The number of amides is 1. The lowest BCUT2D eigenvalue weighted by Gasteiger charge is -2.22. The van der Waals surface area contributed by atoms with E-state index in [9.17, 15) is 4.79 Å². The average molecular weight is 267 g/mol. The zero-order valence-corrected chi connectivity index (χ0v) is 11.4. The molecule has 3 nitrogen and oxygen atoms in total. The maximum atomic E-state index is 12.2. The summed E-state index contributed by atoms with van der Waals surface area (Å²) >= 11 is 5.83. The van der Waals surface area contributed by atoms with Gasteiger partial charge in [0.05, 0.1) is 5.41 Å². The zero-order valence-electron chi connectivity index (χ0n) is 10.7. The molecule has 0 saturated heterocycles. The first kappa shape index (κ1) is 13.4. The van der Waals surface area contributed by atoms with E-state index in [0.717, 1.165) is 30.8 Å². The van der Waals surface area contributed by atoms with Crippen molar-refractivity contribution in [2.45, 2.75) is 19.3 Å². The van der Waals surface area contributed by atoms with Crippen LogP contribution in [0.1, 0.15) is 18.4 Å². The molecule has 1 aliphatic rings. The number of likely N-dealkylation sites (N-methyl/N-ethyl adjacent to an activating group) is 1. The summed E-state index contributed by atoms with van der Waals surface area (Å²) in [6, 6.07) is 7.74. The van der Waals surface area contributed by atoms with Crippen molar-refractivity contribution in [2.75, 3.05) is 20.1 Å². The van der Waals surface area contributed by atoms with E-state index in [1.165, 1.54) is 5.56 Å². The Morgan fingerprint density at radius 3 is 2.50 bits per heavy atom. The minimum atomic E-state index is -0.241. The maximum absolute atomic E-state index is 12.2. The topological polar surface area (TPSA) is 46.3 Å². The van der Waals surface area contributed by atoms with Crippen LogP contribution >= 0.6 is 11.6 Å². The van der Waals surface area contributed by atoms with Crippen LogP contribution in [-0.4, -0.2) is 30.9 Å². The molecule has 1 aromatic carbocycles. The highest BCUT2D eigenvalue weighted by Crippen LogP contribution is 2.45. The highest BCUT2D eigenvalue weighted by Gasteiger charge is 2.49. The van der Waals surface area contributed by atoms with Crippen molar-refractivity contribution in [3.05, 3.63) is 34.9 Å². The fraction of sp³-hybridized carbons (Fsp3) is 0.500. The summed E-state index contributed by atoms with van der Waals surface area (Å²) in [5.74, 6) is 0.193. The van der Waals surface area contributed by atoms with Crippen molar-refractivity contribution < 1.29 is 4.79 Å². The fourth-order valence-corrected chi connectivity index (χ4v) is 2.24. The Hall–Kier alpha value is -1.06.